The summed E-state index contributed by atoms with van der Waals surface area (Å²) in [5, 5.41) is 17.5. The van der Waals surface area contributed by atoms with E-state index in [9.17, 15) is 9.90 Å². The maximum atomic E-state index is 11.2. The molecule has 2 aromatic rings. The molecule has 2 heterocycles. The molecule has 2 aromatic heterocycles. The van der Waals surface area contributed by atoms with E-state index in [1.807, 2.05) is 5.38 Å². The molecule has 1 aliphatic rings. The monoisotopic (exact) mass is 294 g/mol. The minimum absolute atomic E-state index is 0.420. The molecule has 0 saturated heterocycles. The first-order chi connectivity index (χ1) is 9.24. The number of carbonyl (C=O) groups is 1. The predicted octanol–water partition coefficient (Wildman–Crippen LogP) is 3.32. The van der Waals surface area contributed by atoms with E-state index >= 15 is 0 Å². The molecular formula is C13H14N2O2S2. The Balaban J connectivity index is 1.76. The van der Waals surface area contributed by atoms with Crippen molar-refractivity contribution in [2.45, 2.75) is 31.7 Å². The van der Waals surface area contributed by atoms with Gasteiger partial charge in [-0.25, -0.2) is 4.98 Å². The largest absolute Gasteiger partial charge is 0.481 e. The first kappa shape index (κ1) is 12.6. The standard InChI is InChI=1S/C13H14N2O2S2/c16-12(17)9-2-1-3-10-11(9)15-13(19-10)14-6-8-4-5-18-7-8/h4-5,7,9H,1-3,6H2,(H,14,15)(H,16,17). The van der Waals surface area contributed by atoms with E-state index in [2.05, 4.69) is 21.7 Å². The van der Waals surface area contributed by atoms with E-state index in [-0.39, 0.29) is 0 Å². The van der Waals surface area contributed by atoms with Gasteiger partial charge in [0.2, 0.25) is 0 Å². The van der Waals surface area contributed by atoms with Crippen molar-refractivity contribution in [3.63, 3.8) is 0 Å². The molecule has 0 amide bonds. The van der Waals surface area contributed by atoms with Gasteiger partial charge in [-0.15, -0.1) is 11.3 Å². The van der Waals surface area contributed by atoms with Crippen molar-refractivity contribution in [2.75, 3.05) is 5.32 Å². The first-order valence-electron chi connectivity index (χ1n) is 6.21. The second-order valence-corrected chi connectivity index (χ2v) is 6.46. The molecule has 0 radical (unpaired) electrons. The lowest BCUT2D eigenvalue weighted by molar-refractivity contribution is -0.139. The highest BCUT2D eigenvalue weighted by Gasteiger charge is 2.29. The summed E-state index contributed by atoms with van der Waals surface area (Å²) in [5.74, 6) is -1.17. The Morgan fingerprint density at radius 3 is 3.21 bits per heavy atom. The summed E-state index contributed by atoms with van der Waals surface area (Å²) >= 11 is 3.27. The van der Waals surface area contributed by atoms with Gasteiger partial charge in [0.05, 0.1) is 5.69 Å². The van der Waals surface area contributed by atoms with Gasteiger partial charge in [0, 0.05) is 11.4 Å². The number of aryl methyl sites for hydroxylation is 1. The van der Waals surface area contributed by atoms with Gasteiger partial charge in [0.1, 0.15) is 5.92 Å². The summed E-state index contributed by atoms with van der Waals surface area (Å²) in [6.07, 6.45) is 2.60. The zero-order valence-electron chi connectivity index (χ0n) is 10.3. The van der Waals surface area contributed by atoms with Crippen LogP contribution in [0.4, 0.5) is 5.13 Å². The summed E-state index contributed by atoms with van der Waals surface area (Å²) in [5.41, 5.74) is 2.00. The van der Waals surface area contributed by atoms with Crippen LogP contribution < -0.4 is 5.32 Å². The fourth-order valence-electron chi connectivity index (χ4n) is 2.31. The Kier molecular flexibility index (Phi) is 3.52. The maximum Gasteiger partial charge on any atom is 0.312 e. The number of fused-ring (bicyclic) bond motifs is 1. The van der Waals surface area contributed by atoms with Crippen LogP contribution >= 0.6 is 22.7 Å². The zero-order chi connectivity index (χ0) is 13.2. The van der Waals surface area contributed by atoms with Crippen LogP contribution in [0.15, 0.2) is 16.8 Å². The van der Waals surface area contributed by atoms with Crippen molar-refractivity contribution in [1.82, 2.24) is 4.98 Å². The Morgan fingerprint density at radius 2 is 2.47 bits per heavy atom. The molecule has 1 atom stereocenters. The Bertz CT molecular complexity index is 577. The number of nitrogens with one attached hydrogen (secondary N) is 1. The van der Waals surface area contributed by atoms with E-state index < -0.39 is 11.9 Å². The van der Waals surface area contributed by atoms with Crippen molar-refractivity contribution in [1.29, 1.82) is 0 Å². The highest BCUT2D eigenvalue weighted by molar-refractivity contribution is 7.15. The second kappa shape index (κ2) is 5.30. The number of hydrogen-bond acceptors (Lipinski definition) is 5. The Hall–Kier alpha value is -1.40. The van der Waals surface area contributed by atoms with Crippen LogP contribution in [0.2, 0.25) is 0 Å². The van der Waals surface area contributed by atoms with E-state index in [4.69, 9.17) is 0 Å². The van der Waals surface area contributed by atoms with Crippen molar-refractivity contribution in [3.8, 4) is 0 Å². The van der Waals surface area contributed by atoms with Gasteiger partial charge < -0.3 is 10.4 Å². The fourth-order valence-corrected chi connectivity index (χ4v) is 4.03. The van der Waals surface area contributed by atoms with Gasteiger partial charge in [-0.2, -0.15) is 11.3 Å². The molecular weight excluding hydrogens is 280 g/mol. The summed E-state index contributed by atoms with van der Waals surface area (Å²) in [6, 6.07) is 2.07. The molecule has 2 N–H and O–H groups in total. The normalized spacial score (nSPS) is 18.0. The second-order valence-electron chi connectivity index (χ2n) is 4.60. The average molecular weight is 294 g/mol. The van der Waals surface area contributed by atoms with Gasteiger partial charge in [0.25, 0.3) is 0 Å². The molecule has 0 bridgehead atoms. The third kappa shape index (κ3) is 2.64. The van der Waals surface area contributed by atoms with Crippen LogP contribution in [0.25, 0.3) is 0 Å². The number of carboxylic acid groups (broad SMARTS) is 1. The number of thiazole rings is 1. The molecule has 1 unspecified atom stereocenters. The number of aliphatic carboxylic acids is 1. The number of rotatable bonds is 4. The predicted molar refractivity (Wildman–Crippen MR) is 77.1 cm³/mol. The third-order valence-electron chi connectivity index (χ3n) is 3.28. The minimum Gasteiger partial charge on any atom is -0.481 e. The molecule has 0 fully saturated rings. The number of thiophene rings is 1. The molecule has 4 nitrogen and oxygen atoms in total. The lowest BCUT2D eigenvalue weighted by atomic mass is 9.91. The van der Waals surface area contributed by atoms with Crippen LogP contribution in [-0.4, -0.2) is 16.1 Å². The van der Waals surface area contributed by atoms with Crippen molar-refractivity contribution < 1.29 is 9.90 Å². The highest BCUT2D eigenvalue weighted by atomic mass is 32.1. The topological polar surface area (TPSA) is 62.2 Å². The van der Waals surface area contributed by atoms with Crippen molar-refractivity contribution in [2.24, 2.45) is 0 Å². The number of aromatic nitrogens is 1. The molecule has 6 heteroatoms. The van der Waals surface area contributed by atoms with Crippen LogP contribution in [-0.2, 0) is 17.8 Å². The number of anilines is 1. The quantitative estimate of drug-likeness (QED) is 0.908. The minimum atomic E-state index is -0.754. The lowest BCUT2D eigenvalue weighted by Gasteiger charge is -2.16. The van der Waals surface area contributed by atoms with E-state index in [1.54, 1.807) is 22.7 Å². The summed E-state index contributed by atoms with van der Waals surface area (Å²) < 4.78 is 0. The van der Waals surface area contributed by atoms with Crippen LogP contribution in [0.1, 0.15) is 34.9 Å². The number of carboxylic acids is 1. The zero-order valence-corrected chi connectivity index (χ0v) is 11.9. The van der Waals surface area contributed by atoms with Gasteiger partial charge in [-0.05, 0) is 41.7 Å². The molecule has 1 aliphatic carbocycles. The van der Waals surface area contributed by atoms with Crippen LogP contribution in [0.5, 0.6) is 0 Å². The number of nitrogens with zero attached hydrogens (tertiary/aromatic N) is 1. The molecule has 0 spiro atoms. The third-order valence-corrected chi connectivity index (χ3v) is 5.10. The molecule has 3 rings (SSSR count). The first-order valence-corrected chi connectivity index (χ1v) is 7.97. The molecule has 0 aromatic carbocycles. The average Bonchev–Trinajstić information content (AvgIpc) is 3.04. The lowest BCUT2D eigenvalue weighted by Crippen LogP contribution is -2.17. The van der Waals surface area contributed by atoms with Gasteiger partial charge in [0.15, 0.2) is 5.13 Å². The maximum absolute atomic E-state index is 11.2. The molecule has 0 saturated carbocycles. The molecule has 100 valence electrons. The summed E-state index contributed by atoms with van der Waals surface area (Å²) in [7, 11) is 0. The van der Waals surface area contributed by atoms with Gasteiger partial charge >= 0.3 is 5.97 Å². The molecule has 19 heavy (non-hydrogen) atoms. The van der Waals surface area contributed by atoms with Gasteiger partial charge in [-0.1, -0.05) is 0 Å². The Labute approximate surface area is 119 Å². The Morgan fingerprint density at radius 1 is 1.58 bits per heavy atom. The smallest absolute Gasteiger partial charge is 0.312 e. The van der Waals surface area contributed by atoms with E-state index in [0.717, 1.165) is 35.1 Å². The SMILES string of the molecule is O=C(O)C1CCCc2sc(NCc3ccsc3)nc21. The van der Waals surface area contributed by atoms with E-state index in [0.29, 0.717) is 6.42 Å². The highest BCUT2D eigenvalue weighted by Crippen LogP contribution is 2.36. The van der Waals surface area contributed by atoms with Gasteiger partial charge in [-0.3, -0.25) is 4.79 Å². The van der Waals surface area contributed by atoms with E-state index in [1.165, 1.54) is 5.56 Å². The van der Waals surface area contributed by atoms with Crippen molar-refractivity contribution >= 4 is 33.8 Å². The fraction of sp³-hybridized carbons (Fsp3) is 0.385. The molecule has 0 aliphatic heterocycles. The number of hydrogen-bond donors (Lipinski definition) is 2. The summed E-state index contributed by atoms with van der Waals surface area (Å²) in [4.78, 5) is 16.8. The van der Waals surface area contributed by atoms with Crippen LogP contribution in [0.3, 0.4) is 0 Å². The van der Waals surface area contributed by atoms with Crippen molar-refractivity contribution in [3.05, 3.63) is 33.0 Å². The van der Waals surface area contributed by atoms with Crippen LogP contribution in [0, 0.1) is 0 Å². The summed E-state index contributed by atoms with van der Waals surface area (Å²) in [6.45, 7) is 0.744.